The van der Waals surface area contributed by atoms with Crippen molar-refractivity contribution in [2.75, 3.05) is 0 Å². The van der Waals surface area contributed by atoms with E-state index in [1.54, 1.807) is 37.5 Å². The minimum absolute atomic E-state index is 0.173. The van der Waals surface area contributed by atoms with Gasteiger partial charge >= 0.3 is 11.9 Å². The number of nitrogens with zero attached hydrogens (tertiary/aromatic N) is 4. The van der Waals surface area contributed by atoms with Crippen molar-refractivity contribution in [3.8, 4) is 11.1 Å². The Balaban J connectivity index is 1.95. The van der Waals surface area contributed by atoms with Gasteiger partial charge in [0.1, 0.15) is 5.82 Å². The molecule has 2 aromatic heterocycles. The Hall–Kier alpha value is -3.16. The van der Waals surface area contributed by atoms with Crippen LogP contribution in [0.1, 0.15) is 67.1 Å². The molecule has 0 saturated heterocycles. The highest BCUT2D eigenvalue weighted by molar-refractivity contribution is 5.95. The summed E-state index contributed by atoms with van der Waals surface area (Å²) in [7, 11) is 0. The van der Waals surface area contributed by atoms with Gasteiger partial charge in [-0.25, -0.2) is 14.5 Å². The molecule has 0 spiro atoms. The molecule has 2 heterocycles. The fourth-order valence-electron chi connectivity index (χ4n) is 3.42. The second-order valence-electron chi connectivity index (χ2n) is 7.50. The van der Waals surface area contributed by atoms with E-state index in [0.29, 0.717) is 29.8 Å². The highest BCUT2D eigenvalue weighted by atomic mass is 19.3. The highest BCUT2D eigenvalue weighted by Gasteiger charge is 2.36. The number of benzene rings is 1. The molecular weight excluding hydrogens is 402 g/mol. The number of alkyl halides is 2. The maximum atomic E-state index is 14.4. The molecule has 0 aliphatic carbocycles. The third kappa shape index (κ3) is 5.31. The molecule has 3 aromatic rings. The summed E-state index contributed by atoms with van der Waals surface area (Å²) in [4.78, 5) is 19.9. The first-order chi connectivity index (χ1) is 14.9. The number of aromatic carboxylic acids is 1. The molecule has 0 fully saturated rings. The fraction of sp³-hybridized carbons (Fsp3) is 0.391. The van der Waals surface area contributed by atoms with Gasteiger partial charge in [0.25, 0.3) is 0 Å². The van der Waals surface area contributed by atoms with Gasteiger partial charge < -0.3 is 5.11 Å². The molecule has 0 aliphatic rings. The van der Waals surface area contributed by atoms with Gasteiger partial charge in [0.2, 0.25) is 5.82 Å². The van der Waals surface area contributed by atoms with E-state index in [0.717, 1.165) is 18.4 Å². The van der Waals surface area contributed by atoms with Crippen molar-refractivity contribution in [1.29, 1.82) is 0 Å². The second kappa shape index (κ2) is 9.76. The van der Waals surface area contributed by atoms with E-state index < -0.39 is 17.7 Å². The van der Waals surface area contributed by atoms with Gasteiger partial charge in [-0.05, 0) is 36.1 Å². The molecule has 1 aromatic carbocycles. The maximum absolute atomic E-state index is 14.4. The van der Waals surface area contributed by atoms with Crippen LogP contribution in [0.2, 0.25) is 0 Å². The van der Waals surface area contributed by atoms with Crippen LogP contribution in [0.15, 0.2) is 42.7 Å². The average Bonchev–Trinajstić information content (AvgIpc) is 3.16. The molecule has 6 nitrogen and oxygen atoms in total. The Bertz CT molecular complexity index is 1050. The molecule has 0 amide bonds. The molecule has 0 saturated carbocycles. The van der Waals surface area contributed by atoms with Crippen molar-refractivity contribution in [2.24, 2.45) is 0 Å². The Kier molecular flexibility index (Phi) is 7.09. The topological polar surface area (TPSA) is 80.9 Å². The number of halogens is 2. The highest BCUT2D eigenvalue weighted by Crippen LogP contribution is 2.31. The SMILES string of the molecule is CCCCc1nc(C(F)(F)CCC)nn1Cc1cncc(-c2ccccc2C(=O)O)c1. The van der Waals surface area contributed by atoms with E-state index in [2.05, 4.69) is 15.1 Å². The molecular formula is C23H26F2N4O2. The molecule has 164 valence electrons. The van der Waals surface area contributed by atoms with Crippen molar-refractivity contribution in [2.45, 2.75) is 58.4 Å². The summed E-state index contributed by atoms with van der Waals surface area (Å²) in [5, 5.41) is 13.6. The van der Waals surface area contributed by atoms with E-state index in [-0.39, 0.29) is 18.5 Å². The fourth-order valence-corrected chi connectivity index (χ4v) is 3.42. The summed E-state index contributed by atoms with van der Waals surface area (Å²) in [6, 6.07) is 8.49. The van der Waals surface area contributed by atoms with E-state index in [1.165, 1.54) is 10.7 Å². The lowest BCUT2D eigenvalue weighted by molar-refractivity contribution is -0.0232. The number of aromatic nitrogens is 4. The summed E-state index contributed by atoms with van der Waals surface area (Å²) < 4.78 is 30.3. The van der Waals surface area contributed by atoms with Crippen LogP contribution in [-0.4, -0.2) is 30.8 Å². The van der Waals surface area contributed by atoms with Crippen LogP contribution in [0, 0.1) is 0 Å². The average molecular weight is 428 g/mol. The van der Waals surface area contributed by atoms with Crippen LogP contribution < -0.4 is 0 Å². The minimum atomic E-state index is -3.07. The molecule has 0 atom stereocenters. The smallest absolute Gasteiger partial charge is 0.336 e. The third-order valence-electron chi connectivity index (χ3n) is 4.99. The van der Waals surface area contributed by atoms with E-state index >= 15 is 0 Å². The summed E-state index contributed by atoms with van der Waals surface area (Å²) in [5.74, 6) is -4.02. The number of unbranched alkanes of at least 4 members (excludes halogenated alkanes) is 1. The molecule has 0 bridgehead atoms. The van der Waals surface area contributed by atoms with Gasteiger partial charge in [0.15, 0.2) is 0 Å². The first kappa shape index (κ1) is 22.5. The number of pyridine rings is 1. The Labute approximate surface area is 180 Å². The first-order valence-electron chi connectivity index (χ1n) is 10.4. The summed E-state index contributed by atoms with van der Waals surface area (Å²) in [6.07, 6.45) is 5.54. The number of hydrogen-bond donors (Lipinski definition) is 1. The minimum Gasteiger partial charge on any atom is -0.478 e. The van der Waals surface area contributed by atoms with E-state index in [1.807, 2.05) is 13.0 Å². The van der Waals surface area contributed by atoms with Crippen molar-refractivity contribution < 1.29 is 18.7 Å². The van der Waals surface area contributed by atoms with Gasteiger partial charge in [-0.3, -0.25) is 4.98 Å². The van der Waals surface area contributed by atoms with Gasteiger partial charge in [-0.15, -0.1) is 5.10 Å². The molecule has 0 unspecified atom stereocenters. The van der Waals surface area contributed by atoms with Crippen molar-refractivity contribution in [1.82, 2.24) is 19.7 Å². The summed E-state index contributed by atoms with van der Waals surface area (Å²) in [5.41, 5.74) is 2.09. The number of hydrogen-bond acceptors (Lipinski definition) is 4. The lowest BCUT2D eigenvalue weighted by Crippen LogP contribution is -2.16. The molecule has 0 radical (unpaired) electrons. The number of carbonyl (C=O) groups is 1. The van der Waals surface area contributed by atoms with Crippen LogP contribution in [-0.2, 0) is 18.9 Å². The standard InChI is InChI=1S/C23H26F2N4O2/c1-3-5-10-20-27-22(23(24,25)11-4-2)28-29(20)15-16-12-17(14-26-13-16)18-8-6-7-9-19(18)21(30)31/h6-9,12-14H,3-5,10-11,15H2,1-2H3,(H,30,31). The van der Waals surface area contributed by atoms with Gasteiger partial charge in [-0.2, -0.15) is 8.78 Å². The van der Waals surface area contributed by atoms with Crippen molar-refractivity contribution >= 4 is 5.97 Å². The van der Waals surface area contributed by atoms with Crippen LogP contribution in [0.5, 0.6) is 0 Å². The van der Waals surface area contributed by atoms with Crippen LogP contribution >= 0.6 is 0 Å². The normalized spacial score (nSPS) is 11.6. The maximum Gasteiger partial charge on any atom is 0.336 e. The Morgan fingerprint density at radius 3 is 2.65 bits per heavy atom. The van der Waals surface area contributed by atoms with E-state index in [9.17, 15) is 18.7 Å². The zero-order valence-electron chi connectivity index (χ0n) is 17.7. The zero-order chi connectivity index (χ0) is 22.4. The van der Waals surface area contributed by atoms with Gasteiger partial charge in [0.05, 0.1) is 12.1 Å². The van der Waals surface area contributed by atoms with Crippen LogP contribution in [0.3, 0.4) is 0 Å². The molecule has 1 N–H and O–H groups in total. The third-order valence-corrected chi connectivity index (χ3v) is 4.99. The number of rotatable bonds is 10. The van der Waals surface area contributed by atoms with Crippen molar-refractivity contribution in [3.05, 3.63) is 65.5 Å². The van der Waals surface area contributed by atoms with Gasteiger partial charge in [-0.1, -0.05) is 38.5 Å². The number of carboxylic acids is 1. The largest absolute Gasteiger partial charge is 0.478 e. The predicted molar refractivity (Wildman–Crippen MR) is 113 cm³/mol. The lowest BCUT2D eigenvalue weighted by Gasteiger charge is -2.10. The summed E-state index contributed by atoms with van der Waals surface area (Å²) in [6.45, 7) is 3.96. The molecule has 3 rings (SSSR count). The molecule has 8 heteroatoms. The van der Waals surface area contributed by atoms with Crippen molar-refractivity contribution in [3.63, 3.8) is 0 Å². The Morgan fingerprint density at radius 1 is 1.16 bits per heavy atom. The Morgan fingerprint density at radius 2 is 1.94 bits per heavy atom. The zero-order valence-corrected chi connectivity index (χ0v) is 17.7. The second-order valence-corrected chi connectivity index (χ2v) is 7.50. The van der Waals surface area contributed by atoms with Crippen LogP contribution in [0.4, 0.5) is 8.78 Å². The molecule has 0 aliphatic heterocycles. The summed E-state index contributed by atoms with van der Waals surface area (Å²) >= 11 is 0. The predicted octanol–water partition coefficient (Wildman–Crippen LogP) is 5.32. The number of aryl methyl sites for hydroxylation is 1. The molecule has 31 heavy (non-hydrogen) atoms. The van der Waals surface area contributed by atoms with Crippen LogP contribution in [0.25, 0.3) is 11.1 Å². The monoisotopic (exact) mass is 428 g/mol. The number of carboxylic acid groups (broad SMARTS) is 1. The first-order valence-corrected chi connectivity index (χ1v) is 10.4. The lowest BCUT2D eigenvalue weighted by atomic mass is 10.00. The van der Waals surface area contributed by atoms with E-state index in [4.69, 9.17) is 0 Å². The quantitative estimate of drug-likeness (QED) is 0.473. The van der Waals surface area contributed by atoms with Gasteiger partial charge in [0, 0.05) is 30.8 Å².